The minimum absolute atomic E-state index is 0. The summed E-state index contributed by atoms with van der Waals surface area (Å²) in [6.07, 6.45) is 0. The van der Waals surface area contributed by atoms with Crippen LogP contribution in [0.1, 0.15) is 11.1 Å². The molecule has 5 nitrogen and oxygen atoms in total. The Kier molecular flexibility index (Phi) is 10.0. The van der Waals surface area contributed by atoms with Gasteiger partial charge in [0, 0.05) is 37.3 Å². The second-order valence-electron chi connectivity index (χ2n) is 5.58. The predicted octanol–water partition coefficient (Wildman–Crippen LogP) is 4.34. The van der Waals surface area contributed by atoms with Crippen LogP contribution in [0.4, 0.5) is 26.3 Å². The highest BCUT2D eigenvalue weighted by Gasteiger charge is 2.19. The van der Waals surface area contributed by atoms with Crippen molar-refractivity contribution in [1.29, 1.82) is 0 Å². The van der Waals surface area contributed by atoms with Crippen molar-refractivity contribution in [2.45, 2.75) is 19.7 Å². The maximum absolute atomic E-state index is 13.7. The summed E-state index contributed by atoms with van der Waals surface area (Å²) in [5.74, 6) is -5.89. The number of benzene rings is 2. The van der Waals surface area contributed by atoms with Crippen LogP contribution >= 0.6 is 24.0 Å². The number of hydrogen-bond donors (Lipinski definition) is 2. The molecule has 2 aromatic rings. The molecule has 0 unspecified atom stereocenters. The lowest BCUT2D eigenvalue weighted by Crippen LogP contribution is -2.37. The molecule has 0 saturated carbocycles. The fourth-order valence-corrected chi connectivity index (χ4v) is 2.38. The first-order valence-corrected chi connectivity index (χ1v) is 8.14. The third-order valence-corrected chi connectivity index (χ3v) is 3.79. The molecule has 0 heterocycles. The summed E-state index contributed by atoms with van der Waals surface area (Å²) in [6, 6.07) is 4.27. The number of alkyl halides is 2. The number of nitrogens with zero attached hydrogens (tertiary/aromatic N) is 1. The Morgan fingerprint density at radius 3 is 2.13 bits per heavy atom. The van der Waals surface area contributed by atoms with E-state index in [2.05, 4.69) is 20.4 Å². The Morgan fingerprint density at radius 2 is 1.60 bits per heavy atom. The zero-order chi connectivity index (χ0) is 21.6. The number of guanidine groups is 1. The first kappa shape index (κ1) is 25.7. The summed E-state index contributed by atoms with van der Waals surface area (Å²) in [7, 11) is 2.72. The van der Waals surface area contributed by atoms with E-state index in [-0.39, 0.29) is 53.9 Å². The molecule has 12 heteroatoms. The number of rotatable bonds is 7. The summed E-state index contributed by atoms with van der Waals surface area (Å²) in [4.78, 5) is 3.80. The third-order valence-electron chi connectivity index (χ3n) is 3.79. The summed E-state index contributed by atoms with van der Waals surface area (Å²) in [5, 5.41) is 5.20. The van der Waals surface area contributed by atoms with Crippen LogP contribution < -0.4 is 20.1 Å². The number of nitrogens with one attached hydrogen (secondary N) is 2. The number of halogens is 7. The zero-order valence-electron chi connectivity index (χ0n) is 15.7. The van der Waals surface area contributed by atoms with E-state index in [1.54, 1.807) is 0 Å². The number of ether oxygens (including phenoxy) is 2. The average molecular weight is 549 g/mol. The van der Waals surface area contributed by atoms with E-state index >= 15 is 0 Å². The molecule has 0 fully saturated rings. The van der Waals surface area contributed by atoms with Gasteiger partial charge in [-0.25, -0.2) is 17.6 Å². The molecule has 0 aliphatic heterocycles. The van der Waals surface area contributed by atoms with E-state index in [1.165, 1.54) is 32.4 Å². The van der Waals surface area contributed by atoms with Crippen LogP contribution in [0.5, 0.6) is 11.5 Å². The normalized spacial score (nSPS) is 11.2. The summed E-state index contributed by atoms with van der Waals surface area (Å²) >= 11 is 0. The molecule has 0 radical (unpaired) electrons. The molecule has 0 atom stereocenters. The van der Waals surface area contributed by atoms with Gasteiger partial charge in [0.05, 0.1) is 7.11 Å². The van der Waals surface area contributed by atoms with Crippen LogP contribution in [0.25, 0.3) is 0 Å². The average Bonchev–Trinajstić information content (AvgIpc) is 2.69. The molecule has 0 spiro atoms. The fraction of sp³-hybridized carbons (Fsp3) is 0.278. The van der Waals surface area contributed by atoms with Crippen molar-refractivity contribution in [2.24, 2.45) is 4.99 Å². The molecule has 0 bridgehead atoms. The first-order chi connectivity index (χ1) is 13.8. The zero-order valence-corrected chi connectivity index (χ0v) is 18.1. The molecule has 0 aliphatic rings. The van der Waals surface area contributed by atoms with Crippen molar-refractivity contribution in [3.63, 3.8) is 0 Å². The van der Waals surface area contributed by atoms with Gasteiger partial charge in [-0.05, 0) is 18.2 Å². The van der Waals surface area contributed by atoms with E-state index in [1.807, 2.05) is 0 Å². The Bertz CT molecular complexity index is 872. The van der Waals surface area contributed by atoms with Gasteiger partial charge in [0.15, 0.2) is 29.2 Å². The molecule has 0 amide bonds. The molecule has 166 valence electrons. The number of hydrogen-bond acceptors (Lipinski definition) is 3. The van der Waals surface area contributed by atoms with Gasteiger partial charge in [0.2, 0.25) is 0 Å². The molecular weight excluding hydrogens is 531 g/mol. The van der Waals surface area contributed by atoms with Crippen LogP contribution in [0, 0.1) is 23.3 Å². The van der Waals surface area contributed by atoms with Gasteiger partial charge in [0.25, 0.3) is 0 Å². The molecule has 0 aromatic heterocycles. The minimum atomic E-state index is -3.05. The first-order valence-electron chi connectivity index (χ1n) is 8.14. The smallest absolute Gasteiger partial charge is 0.387 e. The lowest BCUT2D eigenvalue weighted by atomic mass is 10.1. The Balaban J connectivity index is 0.00000450. The van der Waals surface area contributed by atoms with Gasteiger partial charge in [-0.1, -0.05) is 0 Å². The van der Waals surface area contributed by atoms with Gasteiger partial charge in [0.1, 0.15) is 11.5 Å². The fourth-order valence-electron chi connectivity index (χ4n) is 2.38. The molecule has 2 aromatic carbocycles. The van der Waals surface area contributed by atoms with Crippen LogP contribution in [-0.2, 0) is 13.1 Å². The monoisotopic (exact) mass is 549 g/mol. The Morgan fingerprint density at radius 1 is 1.00 bits per heavy atom. The number of methoxy groups -OCH3 is 1. The van der Waals surface area contributed by atoms with Crippen molar-refractivity contribution in [1.82, 2.24) is 10.6 Å². The van der Waals surface area contributed by atoms with Gasteiger partial charge in [-0.2, -0.15) is 8.78 Å². The number of aliphatic imine (C=N–C) groups is 1. The standard InChI is InChI=1S/C18H17F6N3O2.HI/c1-25-18(27-8-11-15(21)12(19)6-13(20)16(11)22)26-7-9-5-10(28-2)3-4-14(9)29-17(23)24;/h3-6,17H,7-8H2,1-2H3,(H2,25,26,27);1H. The van der Waals surface area contributed by atoms with Crippen molar-refractivity contribution < 1.29 is 35.8 Å². The largest absolute Gasteiger partial charge is 0.497 e. The molecule has 2 N–H and O–H groups in total. The predicted molar refractivity (Wildman–Crippen MR) is 108 cm³/mol. The quantitative estimate of drug-likeness (QED) is 0.178. The summed E-state index contributed by atoms with van der Waals surface area (Å²) < 4.78 is 88.6. The van der Waals surface area contributed by atoms with Crippen molar-refractivity contribution in [3.05, 3.63) is 58.7 Å². The van der Waals surface area contributed by atoms with Crippen molar-refractivity contribution in [3.8, 4) is 11.5 Å². The Labute approximate surface area is 185 Å². The molecular formula is C18H18F6IN3O2. The lowest BCUT2D eigenvalue weighted by molar-refractivity contribution is -0.0505. The highest BCUT2D eigenvalue weighted by Crippen LogP contribution is 2.25. The van der Waals surface area contributed by atoms with Crippen molar-refractivity contribution in [2.75, 3.05) is 14.2 Å². The van der Waals surface area contributed by atoms with Crippen LogP contribution in [0.3, 0.4) is 0 Å². The highest BCUT2D eigenvalue weighted by molar-refractivity contribution is 14.0. The van der Waals surface area contributed by atoms with Crippen LogP contribution in [0.2, 0.25) is 0 Å². The van der Waals surface area contributed by atoms with Gasteiger partial charge in [-0.3, -0.25) is 4.99 Å². The topological polar surface area (TPSA) is 54.9 Å². The van der Waals surface area contributed by atoms with Gasteiger partial charge >= 0.3 is 6.61 Å². The van der Waals surface area contributed by atoms with Crippen LogP contribution in [-0.4, -0.2) is 26.7 Å². The highest BCUT2D eigenvalue weighted by atomic mass is 127. The third kappa shape index (κ3) is 6.57. The maximum atomic E-state index is 13.7. The van der Waals surface area contributed by atoms with Gasteiger partial charge in [-0.15, -0.1) is 24.0 Å². The van der Waals surface area contributed by atoms with E-state index in [4.69, 9.17) is 4.74 Å². The molecule has 0 saturated heterocycles. The van der Waals surface area contributed by atoms with E-state index in [0.717, 1.165) is 0 Å². The Hall–Kier alpha value is -2.38. The molecule has 2 rings (SSSR count). The molecule has 0 aliphatic carbocycles. The minimum Gasteiger partial charge on any atom is -0.497 e. The van der Waals surface area contributed by atoms with E-state index < -0.39 is 42.0 Å². The van der Waals surface area contributed by atoms with Gasteiger partial charge < -0.3 is 20.1 Å². The SMILES string of the molecule is CN=C(NCc1cc(OC)ccc1OC(F)F)NCc1c(F)c(F)cc(F)c1F.I. The summed E-state index contributed by atoms with van der Waals surface area (Å²) in [6.45, 7) is -3.75. The van der Waals surface area contributed by atoms with Crippen LogP contribution in [0.15, 0.2) is 29.3 Å². The van der Waals surface area contributed by atoms with E-state index in [0.29, 0.717) is 5.75 Å². The summed E-state index contributed by atoms with van der Waals surface area (Å²) in [5.41, 5.74) is -0.574. The molecule has 30 heavy (non-hydrogen) atoms. The second-order valence-corrected chi connectivity index (χ2v) is 5.58. The second kappa shape index (κ2) is 11.7. The van der Waals surface area contributed by atoms with Crippen molar-refractivity contribution >= 4 is 29.9 Å². The maximum Gasteiger partial charge on any atom is 0.387 e. The lowest BCUT2D eigenvalue weighted by Gasteiger charge is -2.16. The van der Waals surface area contributed by atoms with E-state index in [9.17, 15) is 26.3 Å².